The lowest BCUT2D eigenvalue weighted by Gasteiger charge is -2.24. The summed E-state index contributed by atoms with van der Waals surface area (Å²) in [6, 6.07) is 14.9. The van der Waals surface area contributed by atoms with Crippen LogP contribution in [0.3, 0.4) is 0 Å². The molecule has 2 aromatic rings. The Hall–Kier alpha value is -2.87. The van der Waals surface area contributed by atoms with Gasteiger partial charge in [-0.1, -0.05) is 30.3 Å². The molecule has 0 unspecified atom stereocenters. The summed E-state index contributed by atoms with van der Waals surface area (Å²) in [6.45, 7) is 1.92. The molecule has 2 rings (SSSR count). The minimum absolute atomic E-state index is 0.0200. The molecule has 1 amide bonds. The highest BCUT2D eigenvalue weighted by Crippen LogP contribution is 2.23. The van der Waals surface area contributed by atoms with Crippen LogP contribution in [0.1, 0.15) is 27.6 Å². The maximum atomic E-state index is 12.3. The zero-order valence-electron chi connectivity index (χ0n) is 15.2. The van der Waals surface area contributed by atoms with Gasteiger partial charge in [-0.05, 0) is 31.2 Å². The van der Waals surface area contributed by atoms with Gasteiger partial charge in [-0.2, -0.15) is 0 Å². The van der Waals surface area contributed by atoms with Crippen LogP contribution in [0.4, 0.5) is 5.69 Å². The second-order valence-electron chi connectivity index (χ2n) is 5.69. The SMILES string of the molecule is CCOC(=O)c1ccccc1N(CCNC(=O)c1ccccc1)S(C)(=O)=O. The zero-order chi connectivity index (χ0) is 19.9. The molecular weight excluding hydrogens is 368 g/mol. The third-order valence-corrected chi connectivity index (χ3v) is 4.88. The Balaban J connectivity index is 2.18. The lowest BCUT2D eigenvalue weighted by Crippen LogP contribution is -2.39. The Morgan fingerprint density at radius 2 is 1.67 bits per heavy atom. The maximum Gasteiger partial charge on any atom is 0.340 e. The zero-order valence-corrected chi connectivity index (χ0v) is 16.0. The minimum Gasteiger partial charge on any atom is -0.462 e. The Morgan fingerprint density at radius 3 is 2.30 bits per heavy atom. The van der Waals surface area contributed by atoms with Crippen LogP contribution < -0.4 is 9.62 Å². The van der Waals surface area contributed by atoms with Crippen molar-refractivity contribution in [3.05, 3.63) is 65.7 Å². The number of carbonyl (C=O) groups is 2. The monoisotopic (exact) mass is 390 g/mol. The van der Waals surface area contributed by atoms with E-state index in [0.717, 1.165) is 10.6 Å². The van der Waals surface area contributed by atoms with Crippen molar-refractivity contribution in [2.75, 3.05) is 30.3 Å². The third-order valence-electron chi connectivity index (χ3n) is 3.70. The van der Waals surface area contributed by atoms with Gasteiger partial charge in [0.05, 0.1) is 30.7 Å². The highest BCUT2D eigenvalue weighted by Gasteiger charge is 2.23. The molecule has 27 heavy (non-hydrogen) atoms. The van der Waals surface area contributed by atoms with E-state index < -0.39 is 16.0 Å². The first-order chi connectivity index (χ1) is 12.8. The third kappa shape index (κ3) is 5.55. The molecule has 144 valence electrons. The van der Waals surface area contributed by atoms with Gasteiger partial charge in [-0.25, -0.2) is 13.2 Å². The molecule has 0 saturated carbocycles. The standard InChI is InChI=1S/C19H22N2O5S/c1-3-26-19(23)16-11-7-8-12-17(16)21(27(2,24)25)14-13-20-18(22)15-9-5-4-6-10-15/h4-12H,3,13-14H2,1-2H3,(H,20,22). The number of carbonyl (C=O) groups excluding carboxylic acids is 2. The van der Waals surface area contributed by atoms with Crippen molar-refractivity contribution in [3.63, 3.8) is 0 Å². The van der Waals surface area contributed by atoms with Gasteiger partial charge in [0.2, 0.25) is 10.0 Å². The van der Waals surface area contributed by atoms with Crippen LogP contribution in [0.5, 0.6) is 0 Å². The van der Waals surface area contributed by atoms with Crippen molar-refractivity contribution >= 4 is 27.6 Å². The van der Waals surface area contributed by atoms with E-state index in [9.17, 15) is 18.0 Å². The number of esters is 1. The van der Waals surface area contributed by atoms with E-state index in [2.05, 4.69) is 5.32 Å². The van der Waals surface area contributed by atoms with E-state index >= 15 is 0 Å². The van der Waals surface area contributed by atoms with E-state index in [-0.39, 0.29) is 36.9 Å². The van der Waals surface area contributed by atoms with Crippen LogP contribution in [0.2, 0.25) is 0 Å². The van der Waals surface area contributed by atoms with E-state index in [1.807, 2.05) is 0 Å². The molecule has 0 spiro atoms. The number of para-hydroxylation sites is 1. The Morgan fingerprint density at radius 1 is 1.04 bits per heavy atom. The van der Waals surface area contributed by atoms with Crippen molar-refractivity contribution in [1.29, 1.82) is 0 Å². The quantitative estimate of drug-likeness (QED) is 0.697. The first kappa shape index (κ1) is 20.4. The molecular formula is C19H22N2O5S. The number of sulfonamides is 1. The Bertz CT molecular complexity index is 897. The van der Waals surface area contributed by atoms with Gasteiger partial charge in [0.25, 0.3) is 5.91 Å². The van der Waals surface area contributed by atoms with E-state index in [1.54, 1.807) is 49.4 Å². The second-order valence-corrected chi connectivity index (χ2v) is 7.60. The number of rotatable bonds is 8. The normalized spacial score (nSPS) is 10.9. The highest BCUT2D eigenvalue weighted by atomic mass is 32.2. The number of ether oxygens (including phenoxy) is 1. The van der Waals surface area contributed by atoms with Gasteiger partial charge in [0.1, 0.15) is 0 Å². The molecule has 0 bridgehead atoms. The lowest BCUT2D eigenvalue weighted by molar-refractivity contribution is 0.0527. The first-order valence-corrected chi connectivity index (χ1v) is 10.3. The summed E-state index contributed by atoms with van der Waals surface area (Å²) < 4.78 is 30.6. The van der Waals surface area contributed by atoms with Gasteiger partial charge in [0, 0.05) is 12.1 Å². The van der Waals surface area contributed by atoms with E-state index in [4.69, 9.17) is 4.74 Å². The van der Waals surface area contributed by atoms with Crippen LogP contribution in [0.25, 0.3) is 0 Å². The van der Waals surface area contributed by atoms with Crippen LogP contribution in [0.15, 0.2) is 54.6 Å². The molecule has 0 aliphatic rings. The molecule has 1 N–H and O–H groups in total. The van der Waals surface area contributed by atoms with Crippen molar-refractivity contribution < 1.29 is 22.7 Å². The maximum absolute atomic E-state index is 12.3. The van der Waals surface area contributed by atoms with Gasteiger partial charge in [0.15, 0.2) is 0 Å². The molecule has 0 radical (unpaired) electrons. The minimum atomic E-state index is -3.68. The van der Waals surface area contributed by atoms with Crippen molar-refractivity contribution in [2.24, 2.45) is 0 Å². The average molecular weight is 390 g/mol. The Kier molecular flexibility index (Phi) is 6.95. The predicted octanol–water partition coefficient (Wildman–Crippen LogP) is 2.06. The lowest BCUT2D eigenvalue weighted by atomic mass is 10.2. The molecule has 0 aliphatic carbocycles. The number of nitrogens with one attached hydrogen (secondary N) is 1. The van der Waals surface area contributed by atoms with Crippen LogP contribution >= 0.6 is 0 Å². The summed E-state index contributed by atoms with van der Waals surface area (Å²) in [5, 5.41) is 2.68. The fourth-order valence-electron chi connectivity index (χ4n) is 2.50. The largest absolute Gasteiger partial charge is 0.462 e. The molecule has 0 fully saturated rings. The molecule has 8 heteroatoms. The van der Waals surface area contributed by atoms with Gasteiger partial charge in [-0.3, -0.25) is 9.10 Å². The number of amides is 1. The average Bonchev–Trinajstić information content (AvgIpc) is 2.65. The molecule has 2 aromatic carbocycles. The number of nitrogens with zero attached hydrogens (tertiary/aromatic N) is 1. The Labute approximate surface area is 159 Å². The van der Waals surface area contributed by atoms with Gasteiger partial charge >= 0.3 is 5.97 Å². The summed E-state index contributed by atoms with van der Waals surface area (Å²) in [5.41, 5.74) is 0.849. The summed E-state index contributed by atoms with van der Waals surface area (Å²) in [6.07, 6.45) is 1.05. The molecule has 0 saturated heterocycles. The summed E-state index contributed by atoms with van der Waals surface area (Å²) >= 11 is 0. The summed E-state index contributed by atoms with van der Waals surface area (Å²) in [5.74, 6) is -0.905. The van der Waals surface area contributed by atoms with Crippen LogP contribution in [-0.2, 0) is 14.8 Å². The summed E-state index contributed by atoms with van der Waals surface area (Å²) in [7, 11) is -3.68. The second kappa shape index (κ2) is 9.18. The van der Waals surface area contributed by atoms with E-state index in [1.165, 1.54) is 12.1 Å². The number of hydrogen-bond donors (Lipinski definition) is 1. The topological polar surface area (TPSA) is 92.8 Å². The van der Waals surface area contributed by atoms with Crippen LogP contribution in [0, 0.1) is 0 Å². The summed E-state index contributed by atoms with van der Waals surface area (Å²) in [4.78, 5) is 24.3. The number of benzene rings is 2. The molecule has 0 aliphatic heterocycles. The fraction of sp³-hybridized carbons (Fsp3) is 0.263. The molecule has 7 nitrogen and oxygen atoms in total. The number of anilines is 1. The number of hydrogen-bond acceptors (Lipinski definition) is 5. The highest BCUT2D eigenvalue weighted by molar-refractivity contribution is 7.92. The molecule has 0 heterocycles. The fourth-order valence-corrected chi connectivity index (χ4v) is 3.44. The smallest absolute Gasteiger partial charge is 0.340 e. The van der Waals surface area contributed by atoms with Gasteiger partial charge in [-0.15, -0.1) is 0 Å². The molecule has 0 atom stereocenters. The van der Waals surface area contributed by atoms with Gasteiger partial charge < -0.3 is 10.1 Å². The van der Waals surface area contributed by atoms with Crippen molar-refractivity contribution in [3.8, 4) is 0 Å². The van der Waals surface area contributed by atoms with Crippen LogP contribution in [-0.4, -0.2) is 46.2 Å². The predicted molar refractivity (Wildman–Crippen MR) is 103 cm³/mol. The molecule has 0 aromatic heterocycles. The van der Waals surface area contributed by atoms with Crippen molar-refractivity contribution in [2.45, 2.75) is 6.92 Å². The van der Waals surface area contributed by atoms with E-state index in [0.29, 0.717) is 5.56 Å². The van der Waals surface area contributed by atoms with Crippen molar-refractivity contribution in [1.82, 2.24) is 5.32 Å². The first-order valence-electron chi connectivity index (χ1n) is 8.41.